The van der Waals surface area contributed by atoms with Crippen LogP contribution in [0.2, 0.25) is 0 Å². The fraction of sp³-hybridized carbons (Fsp3) is 0.273. The first-order valence-electron chi connectivity index (χ1n) is 4.43. The Balaban J connectivity index is 3.22. The molecule has 1 aromatic carbocycles. The van der Waals surface area contributed by atoms with Crippen LogP contribution in [0.3, 0.4) is 0 Å². The number of Topliss-reactive ketones (excluding diaryl/α,β-unsaturated/α-hetero) is 1. The van der Waals surface area contributed by atoms with E-state index in [0.717, 1.165) is 0 Å². The Morgan fingerprint density at radius 2 is 2.27 bits per heavy atom. The second-order valence-electron chi connectivity index (χ2n) is 3.21. The van der Waals surface area contributed by atoms with Crippen molar-refractivity contribution in [2.24, 2.45) is 0 Å². The van der Waals surface area contributed by atoms with Crippen molar-refractivity contribution < 1.29 is 14.7 Å². The van der Waals surface area contributed by atoms with Gasteiger partial charge in [-0.15, -0.1) is 11.6 Å². The number of alkyl halides is 1. The largest absolute Gasteiger partial charge is 0.392 e. The van der Waals surface area contributed by atoms with Gasteiger partial charge in [-0.25, -0.2) is 0 Å². The van der Waals surface area contributed by atoms with Crippen LogP contribution >= 0.6 is 11.6 Å². The topological polar surface area (TPSA) is 54.4 Å². The zero-order valence-electron chi connectivity index (χ0n) is 8.24. The summed E-state index contributed by atoms with van der Waals surface area (Å²) in [5.74, 6) is -0.227. The molecule has 0 aliphatic heterocycles. The normalized spacial score (nSPS) is 12.2. The third-order valence-electron chi connectivity index (χ3n) is 2.09. The molecule has 3 nitrogen and oxygen atoms in total. The average Bonchev–Trinajstić information content (AvgIpc) is 2.27. The van der Waals surface area contributed by atoms with E-state index >= 15 is 0 Å². The molecule has 0 aliphatic carbocycles. The van der Waals surface area contributed by atoms with Crippen LogP contribution in [0.1, 0.15) is 33.8 Å². The summed E-state index contributed by atoms with van der Waals surface area (Å²) in [6, 6.07) is 4.74. The van der Waals surface area contributed by atoms with E-state index in [-0.39, 0.29) is 12.4 Å². The molecular formula is C11H11ClO3. The minimum Gasteiger partial charge on any atom is -0.392 e. The number of halogens is 1. The van der Waals surface area contributed by atoms with Crippen molar-refractivity contribution in [3.05, 3.63) is 34.9 Å². The average molecular weight is 227 g/mol. The van der Waals surface area contributed by atoms with Crippen LogP contribution in [0.5, 0.6) is 0 Å². The number of aldehydes is 1. The lowest BCUT2D eigenvalue weighted by atomic mass is 10.0. The van der Waals surface area contributed by atoms with E-state index in [1.165, 1.54) is 6.92 Å². The van der Waals surface area contributed by atoms with Crippen LogP contribution in [0.25, 0.3) is 0 Å². The van der Waals surface area contributed by atoms with Gasteiger partial charge < -0.3 is 5.11 Å². The number of hydrogen-bond acceptors (Lipinski definition) is 3. The molecule has 80 valence electrons. The van der Waals surface area contributed by atoms with Crippen molar-refractivity contribution in [3.63, 3.8) is 0 Å². The van der Waals surface area contributed by atoms with Crippen molar-refractivity contribution >= 4 is 23.7 Å². The molecule has 0 aromatic heterocycles. The first kappa shape index (κ1) is 11.9. The van der Waals surface area contributed by atoms with E-state index in [4.69, 9.17) is 16.7 Å². The van der Waals surface area contributed by atoms with Crippen LogP contribution in [0.15, 0.2) is 18.2 Å². The predicted molar refractivity (Wildman–Crippen MR) is 57.0 cm³/mol. The molecule has 0 bridgehead atoms. The van der Waals surface area contributed by atoms with Gasteiger partial charge in [0.2, 0.25) is 0 Å². The van der Waals surface area contributed by atoms with Gasteiger partial charge in [0.05, 0.1) is 6.61 Å². The molecule has 1 unspecified atom stereocenters. The number of benzene rings is 1. The van der Waals surface area contributed by atoms with Crippen molar-refractivity contribution in [1.29, 1.82) is 0 Å². The Hall–Kier alpha value is -1.19. The summed E-state index contributed by atoms with van der Waals surface area (Å²) in [5, 5.41) is 8.09. The Labute approximate surface area is 92.7 Å². The number of ketones is 1. The molecule has 0 saturated carbocycles. The molecule has 1 atom stereocenters. The monoisotopic (exact) mass is 226 g/mol. The molecule has 1 rings (SSSR count). The maximum Gasteiger partial charge on any atom is 0.152 e. The second kappa shape index (κ2) is 5.05. The fourth-order valence-electron chi connectivity index (χ4n) is 1.27. The van der Waals surface area contributed by atoms with Gasteiger partial charge in [0, 0.05) is 5.56 Å². The number of hydrogen-bond donors (Lipinski definition) is 1. The van der Waals surface area contributed by atoms with E-state index in [2.05, 4.69) is 0 Å². The smallest absolute Gasteiger partial charge is 0.152 e. The van der Waals surface area contributed by atoms with Gasteiger partial charge in [-0.3, -0.25) is 9.59 Å². The summed E-state index contributed by atoms with van der Waals surface area (Å²) in [7, 11) is 0. The molecule has 0 saturated heterocycles. The van der Waals surface area contributed by atoms with Gasteiger partial charge in [0.15, 0.2) is 5.78 Å². The number of aliphatic hydroxyl groups is 1. The maximum atomic E-state index is 11.1. The summed E-state index contributed by atoms with van der Waals surface area (Å²) >= 11 is 5.86. The lowest BCUT2D eigenvalue weighted by molar-refractivity contribution is -0.116. The fourth-order valence-corrected chi connectivity index (χ4v) is 1.46. The Morgan fingerprint density at radius 3 is 2.73 bits per heavy atom. The molecule has 0 amide bonds. The van der Waals surface area contributed by atoms with Gasteiger partial charge in [0.25, 0.3) is 0 Å². The van der Waals surface area contributed by atoms with Gasteiger partial charge >= 0.3 is 0 Å². The number of rotatable bonds is 4. The van der Waals surface area contributed by atoms with E-state index in [1.807, 2.05) is 0 Å². The molecule has 0 heterocycles. The highest BCUT2D eigenvalue weighted by Crippen LogP contribution is 2.25. The quantitative estimate of drug-likeness (QED) is 0.630. The summed E-state index contributed by atoms with van der Waals surface area (Å²) in [6.45, 7) is 1.21. The Bertz CT molecular complexity index is 387. The highest BCUT2D eigenvalue weighted by molar-refractivity contribution is 6.31. The van der Waals surface area contributed by atoms with E-state index < -0.39 is 5.38 Å². The molecule has 4 heteroatoms. The summed E-state index contributed by atoms with van der Waals surface area (Å²) in [4.78, 5) is 21.8. The summed E-state index contributed by atoms with van der Waals surface area (Å²) in [5.41, 5.74) is 1.45. The van der Waals surface area contributed by atoms with Crippen molar-refractivity contribution in [2.75, 3.05) is 0 Å². The second-order valence-corrected chi connectivity index (χ2v) is 3.65. The lowest BCUT2D eigenvalue weighted by Gasteiger charge is -2.10. The zero-order chi connectivity index (χ0) is 11.4. The maximum absolute atomic E-state index is 11.1. The van der Waals surface area contributed by atoms with E-state index in [1.54, 1.807) is 18.2 Å². The molecule has 15 heavy (non-hydrogen) atoms. The first-order chi connectivity index (χ1) is 7.10. The molecule has 1 N–H and O–H groups in total. The number of carbonyl (C=O) groups is 2. The van der Waals surface area contributed by atoms with Crippen LogP contribution in [0, 0.1) is 0 Å². The zero-order valence-corrected chi connectivity index (χ0v) is 8.99. The Kier molecular flexibility index (Phi) is 4.00. The number of aliphatic hydroxyl groups excluding tert-OH is 1. The standard InChI is InChI=1S/C11H11ClO3/c1-7(15)11(12)10-4-8(5-13)2-3-9(10)6-14/h2-4,6,11,13H,5H2,1H3. The van der Waals surface area contributed by atoms with Crippen LogP contribution in [0.4, 0.5) is 0 Å². The first-order valence-corrected chi connectivity index (χ1v) is 4.87. The predicted octanol–water partition coefficient (Wildman–Crippen LogP) is 1.86. The van der Waals surface area contributed by atoms with Crippen molar-refractivity contribution in [1.82, 2.24) is 0 Å². The van der Waals surface area contributed by atoms with Gasteiger partial charge in [-0.1, -0.05) is 18.2 Å². The minimum atomic E-state index is -0.836. The number of carbonyl (C=O) groups excluding carboxylic acids is 2. The molecule has 0 spiro atoms. The Morgan fingerprint density at radius 1 is 1.60 bits per heavy atom. The lowest BCUT2D eigenvalue weighted by Crippen LogP contribution is -2.05. The molecule has 0 aliphatic rings. The van der Waals surface area contributed by atoms with Crippen LogP contribution in [-0.4, -0.2) is 17.2 Å². The SMILES string of the molecule is CC(=O)C(Cl)c1cc(CO)ccc1C=O. The minimum absolute atomic E-state index is 0.145. The van der Waals surface area contributed by atoms with Crippen molar-refractivity contribution in [3.8, 4) is 0 Å². The van der Waals surface area contributed by atoms with Gasteiger partial charge in [-0.05, 0) is 18.1 Å². The van der Waals surface area contributed by atoms with E-state index in [0.29, 0.717) is 23.0 Å². The van der Waals surface area contributed by atoms with Crippen molar-refractivity contribution in [2.45, 2.75) is 18.9 Å². The third kappa shape index (κ3) is 2.64. The summed E-state index contributed by atoms with van der Waals surface area (Å²) in [6.07, 6.45) is 0.648. The van der Waals surface area contributed by atoms with Gasteiger partial charge in [-0.2, -0.15) is 0 Å². The molecule has 0 fully saturated rings. The van der Waals surface area contributed by atoms with E-state index in [9.17, 15) is 9.59 Å². The molecule has 0 radical (unpaired) electrons. The molecule has 1 aromatic rings. The molecular weight excluding hydrogens is 216 g/mol. The third-order valence-corrected chi connectivity index (χ3v) is 2.63. The highest BCUT2D eigenvalue weighted by Gasteiger charge is 2.17. The summed E-state index contributed by atoms with van der Waals surface area (Å²) < 4.78 is 0. The highest BCUT2D eigenvalue weighted by atomic mass is 35.5. The van der Waals surface area contributed by atoms with Crippen LogP contribution < -0.4 is 0 Å². The van der Waals surface area contributed by atoms with Crippen LogP contribution in [-0.2, 0) is 11.4 Å². The van der Waals surface area contributed by atoms with Gasteiger partial charge in [0.1, 0.15) is 11.7 Å².